The number of carbonyl (C=O) groups is 1. The average molecular weight is 292 g/mol. The summed E-state index contributed by atoms with van der Waals surface area (Å²) < 4.78 is 0. The minimum atomic E-state index is -0.204. The predicted octanol–water partition coefficient (Wildman–Crippen LogP) is 2.74. The van der Waals surface area contributed by atoms with Crippen LogP contribution in [0.15, 0.2) is 6.20 Å². The Bertz CT molecular complexity index is 547. The van der Waals surface area contributed by atoms with Crippen molar-refractivity contribution in [3.8, 4) is 12.3 Å². The largest absolute Gasteiger partial charge is 0.326 e. The quantitative estimate of drug-likeness (QED) is 0.784. The lowest BCUT2D eigenvalue weighted by Crippen LogP contribution is -2.34. The van der Waals surface area contributed by atoms with Gasteiger partial charge in [-0.1, -0.05) is 31.4 Å². The van der Waals surface area contributed by atoms with Gasteiger partial charge in [-0.3, -0.25) is 4.79 Å². The third kappa shape index (κ3) is 3.49. The standard InChI is InChI=1S/C15H18ClN3O/c1-4-7-19(9-11-5-6-11)15(20)13-12(16)8-17-14(18-13)10(2)3/h1,8,10-11H,5-7,9H2,2-3H3. The van der Waals surface area contributed by atoms with Crippen LogP contribution < -0.4 is 0 Å². The molecule has 0 atom stereocenters. The van der Waals surface area contributed by atoms with E-state index in [-0.39, 0.29) is 29.1 Å². The molecule has 0 spiro atoms. The Labute approximate surface area is 124 Å². The van der Waals surface area contributed by atoms with E-state index in [1.165, 1.54) is 6.20 Å². The maximum Gasteiger partial charge on any atom is 0.274 e. The molecule has 0 unspecified atom stereocenters. The van der Waals surface area contributed by atoms with Crippen molar-refractivity contribution < 1.29 is 4.79 Å². The molecule has 1 aliphatic carbocycles. The number of terminal acetylenes is 1. The number of amides is 1. The first-order chi connectivity index (χ1) is 9.52. The van der Waals surface area contributed by atoms with Crippen LogP contribution in [0.1, 0.15) is 48.9 Å². The zero-order valence-corrected chi connectivity index (χ0v) is 12.5. The van der Waals surface area contributed by atoms with Crippen LogP contribution in [-0.2, 0) is 0 Å². The van der Waals surface area contributed by atoms with Gasteiger partial charge in [-0.15, -0.1) is 6.42 Å². The van der Waals surface area contributed by atoms with Gasteiger partial charge in [-0.2, -0.15) is 0 Å². The van der Waals surface area contributed by atoms with Crippen LogP contribution in [0.25, 0.3) is 0 Å². The van der Waals surface area contributed by atoms with Crippen molar-refractivity contribution in [2.24, 2.45) is 5.92 Å². The number of hydrogen-bond acceptors (Lipinski definition) is 3. The summed E-state index contributed by atoms with van der Waals surface area (Å²) in [6, 6.07) is 0. The normalized spacial score (nSPS) is 14.2. The van der Waals surface area contributed by atoms with Crippen molar-refractivity contribution in [1.29, 1.82) is 0 Å². The second kappa shape index (κ2) is 6.23. The lowest BCUT2D eigenvalue weighted by molar-refractivity contribution is 0.0763. The van der Waals surface area contributed by atoms with Crippen molar-refractivity contribution in [1.82, 2.24) is 14.9 Å². The molecule has 1 saturated carbocycles. The fraction of sp³-hybridized carbons (Fsp3) is 0.533. The van der Waals surface area contributed by atoms with Crippen molar-refractivity contribution in [3.63, 3.8) is 0 Å². The molecule has 1 aromatic rings. The smallest absolute Gasteiger partial charge is 0.274 e. The molecule has 0 saturated heterocycles. The fourth-order valence-electron chi connectivity index (χ4n) is 1.90. The Morgan fingerprint density at radius 3 is 2.85 bits per heavy atom. The molecule has 2 rings (SSSR count). The third-order valence-electron chi connectivity index (χ3n) is 3.23. The molecule has 106 valence electrons. The number of halogens is 1. The first-order valence-corrected chi connectivity index (χ1v) is 7.16. The first kappa shape index (κ1) is 14.8. The van der Waals surface area contributed by atoms with Gasteiger partial charge in [-0.25, -0.2) is 9.97 Å². The molecule has 4 nitrogen and oxygen atoms in total. The van der Waals surface area contributed by atoms with Crippen LogP contribution in [0.5, 0.6) is 0 Å². The molecular formula is C15H18ClN3O. The molecule has 5 heteroatoms. The van der Waals surface area contributed by atoms with Crippen molar-refractivity contribution in [2.75, 3.05) is 13.1 Å². The second-order valence-electron chi connectivity index (χ2n) is 5.41. The molecule has 0 bridgehead atoms. The van der Waals surface area contributed by atoms with E-state index in [2.05, 4.69) is 15.9 Å². The van der Waals surface area contributed by atoms with E-state index in [0.717, 1.165) is 12.8 Å². The zero-order chi connectivity index (χ0) is 14.7. The molecule has 1 fully saturated rings. The Hall–Kier alpha value is -1.60. The molecule has 0 N–H and O–H groups in total. The SMILES string of the molecule is C#CCN(CC1CC1)C(=O)c1nc(C(C)C)ncc1Cl. The molecule has 1 heterocycles. The van der Waals surface area contributed by atoms with Gasteiger partial charge in [0.1, 0.15) is 5.82 Å². The molecule has 20 heavy (non-hydrogen) atoms. The minimum Gasteiger partial charge on any atom is -0.326 e. The van der Waals surface area contributed by atoms with E-state index in [0.29, 0.717) is 18.3 Å². The topological polar surface area (TPSA) is 46.1 Å². The third-order valence-corrected chi connectivity index (χ3v) is 3.50. The molecule has 0 aliphatic heterocycles. The fourth-order valence-corrected chi connectivity index (χ4v) is 2.07. The van der Waals surface area contributed by atoms with E-state index < -0.39 is 0 Å². The van der Waals surface area contributed by atoms with Gasteiger partial charge in [0.15, 0.2) is 5.69 Å². The van der Waals surface area contributed by atoms with Gasteiger partial charge < -0.3 is 4.90 Å². The van der Waals surface area contributed by atoms with Crippen LogP contribution in [0.3, 0.4) is 0 Å². The van der Waals surface area contributed by atoms with E-state index >= 15 is 0 Å². The van der Waals surface area contributed by atoms with Crippen molar-refractivity contribution in [3.05, 3.63) is 22.7 Å². The first-order valence-electron chi connectivity index (χ1n) is 6.78. The van der Waals surface area contributed by atoms with Gasteiger partial charge in [0, 0.05) is 12.5 Å². The second-order valence-corrected chi connectivity index (χ2v) is 5.82. The maximum atomic E-state index is 12.5. The summed E-state index contributed by atoms with van der Waals surface area (Å²) in [7, 11) is 0. The van der Waals surface area contributed by atoms with Crippen molar-refractivity contribution >= 4 is 17.5 Å². The average Bonchev–Trinajstić information content (AvgIpc) is 3.21. The minimum absolute atomic E-state index is 0.142. The summed E-state index contributed by atoms with van der Waals surface area (Å²) in [5, 5.41) is 0.275. The van der Waals surface area contributed by atoms with Gasteiger partial charge in [0.2, 0.25) is 0 Å². The lowest BCUT2D eigenvalue weighted by atomic mass is 10.2. The Morgan fingerprint density at radius 1 is 1.60 bits per heavy atom. The van der Waals surface area contributed by atoms with Gasteiger partial charge in [0.25, 0.3) is 5.91 Å². The van der Waals surface area contributed by atoms with Crippen LogP contribution >= 0.6 is 11.6 Å². The van der Waals surface area contributed by atoms with Crippen molar-refractivity contribution in [2.45, 2.75) is 32.6 Å². The van der Waals surface area contributed by atoms with E-state index in [1.54, 1.807) is 4.90 Å². The Kier molecular flexibility index (Phi) is 4.61. The van der Waals surface area contributed by atoms with E-state index in [9.17, 15) is 4.79 Å². The van der Waals surface area contributed by atoms with E-state index in [4.69, 9.17) is 18.0 Å². The predicted molar refractivity (Wildman–Crippen MR) is 78.6 cm³/mol. The van der Waals surface area contributed by atoms with Crippen LogP contribution in [0.2, 0.25) is 5.02 Å². The molecule has 1 amide bonds. The Balaban J connectivity index is 2.25. The molecule has 1 aliphatic rings. The number of aromatic nitrogens is 2. The van der Waals surface area contributed by atoms with Gasteiger partial charge in [0.05, 0.1) is 17.8 Å². The number of rotatable bonds is 5. The monoisotopic (exact) mass is 291 g/mol. The highest BCUT2D eigenvalue weighted by molar-refractivity contribution is 6.33. The molecular weight excluding hydrogens is 274 g/mol. The number of nitrogens with zero attached hydrogens (tertiary/aromatic N) is 3. The van der Waals surface area contributed by atoms with Crippen LogP contribution in [-0.4, -0.2) is 33.9 Å². The number of hydrogen-bond donors (Lipinski definition) is 0. The molecule has 0 aromatic carbocycles. The summed E-state index contributed by atoms with van der Waals surface area (Å²) in [6.07, 6.45) is 9.15. The highest BCUT2D eigenvalue weighted by Gasteiger charge is 2.28. The summed E-state index contributed by atoms with van der Waals surface area (Å²) >= 11 is 6.07. The number of carbonyl (C=O) groups excluding carboxylic acids is 1. The molecule has 0 radical (unpaired) electrons. The van der Waals surface area contributed by atoms with Crippen LogP contribution in [0.4, 0.5) is 0 Å². The lowest BCUT2D eigenvalue weighted by Gasteiger charge is -2.20. The van der Waals surface area contributed by atoms with E-state index in [1.807, 2.05) is 13.8 Å². The van der Waals surface area contributed by atoms with Gasteiger partial charge in [-0.05, 0) is 18.8 Å². The van der Waals surface area contributed by atoms with Crippen LogP contribution in [0, 0.1) is 18.3 Å². The zero-order valence-electron chi connectivity index (χ0n) is 11.8. The van der Waals surface area contributed by atoms with Gasteiger partial charge >= 0.3 is 0 Å². The summed E-state index contributed by atoms with van der Waals surface area (Å²) in [4.78, 5) is 22.6. The molecule has 1 aromatic heterocycles. The summed E-state index contributed by atoms with van der Waals surface area (Å²) in [5.41, 5.74) is 0.251. The Morgan fingerprint density at radius 2 is 2.30 bits per heavy atom. The highest BCUT2D eigenvalue weighted by Crippen LogP contribution is 2.30. The summed E-state index contributed by atoms with van der Waals surface area (Å²) in [6.45, 7) is 4.91. The maximum absolute atomic E-state index is 12.5. The summed E-state index contributed by atoms with van der Waals surface area (Å²) in [5.74, 6) is 3.65. The highest BCUT2D eigenvalue weighted by atomic mass is 35.5.